The molecular weight excluding hydrogens is 433 g/mol. The van der Waals surface area contributed by atoms with E-state index in [1.165, 1.54) is 18.1 Å². The Morgan fingerprint density at radius 1 is 1.07 bits per heavy atom. The maximum Gasteiger partial charge on any atom is 2.00 e. The van der Waals surface area contributed by atoms with E-state index in [1.54, 1.807) is 12.1 Å². The van der Waals surface area contributed by atoms with Crippen molar-refractivity contribution in [2.24, 2.45) is 0 Å². The van der Waals surface area contributed by atoms with E-state index in [0.29, 0.717) is 12.0 Å². The number of alkyl halides is 3. The minimum Gasteiger partial charge on any atom is -0.368 e. The van der Waals surface area contributed by atoms with E-state index >= 15 is 0 Å². The minimum atomic E-state index is -4.39. The van der Waals surface area contributed by atoms with E-state index in [9.17, 15) is 13.2 Å². The van der Waals surface area contributed by atoms with Crippen LogP contribution in [0.1, 0.15) is 49.9 Å². The van der Waals surface area contributed by atoms with E-state index in [-0.39, 0.29) is 51.0 Å². The van der Waals surface area contributed by atoms with Gasteiger partial charge in [-0.25, -0.2) is 5.56 Å². The zero-order valence-electron chi connectivity index (χ0n) is 17.1. The predicted octanol–water partition coefficient (Wildman–Crippen LogP) is 7.33. The summed E-state index contributed by atoms with van der Waals surface area (Å²) in [5, 5.41) is 0. The van der Waals surface area contributed by atoms with Gasteiger partial charge in [-0.05, 0) is 17.2 Å². The molecule has 0 atom stereocenters. The molecule has 2 aromatic carbocycles. The Labute approximate surface area is 204 Å². The quantitative estimate of drug-likeness (QED) is 0.241. The Balaban J connectivity index is 0.00000235. The summed E-state index contributed by atoms with van der Waals surface area (Å²) in [6.07, 6.45) is 1.81. The second-order valence-corrected chi connectivity index (χ2v) is 5.80. The Morgan fingerprint density at radius 3 is 2.25 bits per heavy atom. The minimum absolute atomic E-state index is 0. The maximum atomic E-state index is 13.1. The molecular formula is C24H27F3Sr. The van der Waals surface area contributed by atoms with Gasteiger partial charge in [-0.15, -0.1) is 24.6 Å². The predicted molar refractivity (Wildman–Crippen MR) is 115 cm³/mol. The molecule has 146 valence electrons. The number of allylic oxidation sites excluding steroid dienone is 3. The van der Waals surface area contributed by atoms with Crippen LogP contribution in [0, 0.1) is 12.3 Å². The molecule has 0 radical (unpaired) electrons. The molecule has 2 rings (SSSR count). The molecule has 28 heavy (non-hydrogen) atoms. The number of benzene rings is 2. The van der Waals surface area contributed by atoms with Gasteiger partial charge in [0.15, 0.2) is 0 Å². The maximum absolute atomic E-state index is 13.1. The van der Waals surface area contributed by atoms with Gasteiger partial charge in [0.25, 0.3) is 0 Å². The smallest absolute Gasteiger partial charge is 0.368 e. The van der Waals surface area contributed by atoms with Crippen LogP contribution in [0.3, 0.4) is 0 Å². The summed E-state index contributed by atoms with van der Waals surface area (Å²) in [6, 6.07) is 13.5. The molecule has 0 nitrogen and oxygen atoms in total. The third kappa shape index (κ3) is 7.82. The van der Waals surface area contributed by atoms with Gasteiger partial charge >= 0.3 is 51.7 Å². The van der Waals surface area contributed by atoms with Crippen molar-refractivity contribution < 1.29 is 13.2 Å². The second kappa shape index (κ2) is 13.3. The fraction of sp³-hybridized carbons (Fsp3) is 0.250. The van der Waals surface area contributed by atoms with Crippen molar-refractivity contribution in [3.05, 3.63) is 102 Å². The van der Waals surface area contributed by atoms with E-state index in [0.717, 1.165) is 17.2 Å². The third-order valence-corrected chi connectivity index (χ3v) is 4.11. The molecule has 0 saturated heterocycles. The molecule has 4 heteroatoms. The van der Waals surface area contributed by atoms with Crippen LogP contribution in [0.5, 0.6) is 0 Å². The average Bonchev–Trinajstić information content (AvgIpc) is 2.68. The van der Waals surface area contributed by atoms with Crippen LogP contribution in [0.2, 0.25) is 0 Å². The second-order valence-electron chi connectivity index (χ2n) is 5.80. The summed E-state index contributed by atoms with van der Waals surface area (Å²) < 4.78 is 39.3. The fourth-order valence-electron chi connectivity index (χ4n) is 2.67. The van der Waals surface area contributed by atoms with Gasteiger partial charge in [-0.1, -0.05) is 63.3 Å². The fourth-order valence-corrected chi connectivity index (χ4v) is 2.67. The SMILES string of the molecule is C=C(/C=C\Cc1ccccc1[C-](C)[CH-]C)c1ccccc1C(F)(F)F.CC.[Sr+2]. The van der Waals surface area contributed by atoms with E-state index < -0.39 is 11.7 Å². The Kier molecular flexibility index (Phi) is 12.9. The van der Waals surface area contributed by atoms with Gasteiger partial charge in [0.05, 0.1) is 5.56 Å². The summed E-state index contributed by atoms with van der Waals surface area (Å²) in [5.41, 5.74) is 2.09. The van der Waals surface area contributed by atoms with Crippen molar-refractivity contribution in [3.8, 4) is 0 Å². The largest absolute Gasteiger partial charge is 2.00 e. The van der Waals surface area contributed by atoms with E-state index in [2.05, 4.69) is 6.58 Å². The molecule has 0 spiro atoms. The third-order valence-electron chi connectivity index (χ3n) is 4.11. The first-order valence-electron chi connectivity index (χ1n) is 9.08. The molecule has 0 saturated carbocycles. The summed E-state index contributed by atoms with van der Waals surface area (Å²) in [7, 11) is 0. The topological polar surface area (TPSA) is 0 Å². The summed E-state index contributed by atoms with van der Waals surface area (Å²) >= 11 is 0. The molecule has 0 aliphatic carbocycles. The number of rotatable bonds is 6. The molecule has 0 bridgehead atoms. The van der Waals surface area contributed by atoms with Crippen LogP contribution < -0.4 is 0 Å². The number of hydrogen-bond donors (Lipinski definition) is 0. The molecule has 2 aromatic rings. The Morgan fingerprint density at radius 2 is 1.64 bits per heavy atom. The molecule has 0 fully saturated rings. The van der Waals surface area contributed by atoms with E-state index in [4.69, 9.17) is 0 Å². The monoisotopic (exact) mass is 460 g/mol. The van der Waals surface area contributed by atoms with Crippen molar-refractivity contribution in [2.75, 3.05) is 0 Å². The van der Waals surface area contributed by atoms with Crippen LogP contribution in [0.25, 0.3) is 5.57 Å². The molecule has 0 aliphatic rings. The average molecular weight is 460 g/mol. The van der Waals surface area contributed by atoms with Crippen LogP contribution in [0.4, 0.5) is 13.2 Å². The van der Waals surface area contributed by atoms with Crippen LogP contribution in [-0.4, -0.2) is 45.5 Å². The summed E-state index contributed by atoms with van der Waals surface area (Å²) in [4.78, 5) is 0. The van der Waals surface area contributed by atoms with Gasteiger partial charge in [0.2, 0.25) is 0 Å². The normalized spacial score (nSPS) is 10.7. The first-order chi connectivity index (χ1) is 12.8. The summed E-state index contributed by atoms with van der Waals surface area (Å²) in [6.45, 7) is 11.8. The summed E-state index contributed by atoms with van der Waals surface area (Å²) in [5.74, 6) is 1.17. The standard InChI is InChI=1S/C22H21F3.C2H6.Sr/c1-4-16(2)19-13-6-5-11-18(19)12-9-10-17(3)20-14-7-8-15-21(20)22(23,24)25;1-2;/h4-11,13-15H,3,12H2,1-2H3;1-2H3;/q-2;;+2/b10-9-;;. The molecule has 0 unspecified atom stereocenters. The van der Waals surface area contributed by atoms with Gasteiger partial charge in [0, 0.05) is 0 Å². The van der Waals surface area contributed by atoms with Crippen molar-refractivity contribution in [2.45, 2.75) is 40.3 Å². The Hall–Kier alpha value is -0.939. The number of halogens is 3. The molecule has 0 aliphatic heterocycles. The van der Waals surface area contributed by atoms with Gasteiger partial charge in [0.1, 0.15) is 0 Å². The van der Waals surface area contributed by atoms with Gasteiger partial charge < -0.3 is 12.3 Å². The van der Waals surface area contributed by atoms with Gasteiger partial charge in [-0.3, -0.25) is 0 Å². The zero-order valence-corrected chi connectivity index (χ0v) is 20.6. The Bertz CT molecular complexity index is 760. The first-order valence-corrected chi connectivity index (χ1v) is 9.08. The molecule has 0 aromatic heterocycles. The van der Waals surface area contributed by atoms with Crippen LogP contribution >= 0.6 is 0 Å². The van der Waals surface area contributed by atoms with Crippen molar-refractivity contribution in [1.29, 1.82) is 0 Å². The van der Waals surface area contributed by atoms with Crippen molar-refractivity contribution in [1.82, 2.24) is 0 Å². The van der Waals surface area contributed by atoms with Crippen LogP contribution in [0.15, 0.2) is 67.3 Å². The zero-order chi connectivity index (χ0) is 20.4. The van der Waals surface area contributed by atoms with Crippen molar-refractivity contribution >= 4 is 51.1 Å². The molecule has 0 amide bonds. The first kappa shape index (κ1) is 27.1. The van der Waals surface area contributed by atoms with Crippen LogP contribution in [-0.2, 0) is 12.6 Å². The molecule has 0 N–H and O–H groups in total. The van der Waals surface area contributed by atoms with E-state index in [1.807, 2.05) is 64.5 Å². The van der Waals surface area contributed by atoms with Crippen molar-refractivity contribution in [3.63, 3.8) is 0 Å². The van der Waals surface area contributed by atoms with Gasteiger partial charge in [-0.2, -0.15) is 26.2 Å². The number of hydrogen-bond acceptors (Lipinski definition) is 0. The molecule has 0 heterocycles.